The van der Waals surface area contributed by atoms with Crippen LogP contribution < -0.4 is 10.1 Å². The van der Waals surface area contributed by atoms with Gasteiger partial charge in [-0.15, -0.1) is 0 Å². The summed E-state index contributed by atoms with van der Waals surface area (Å²) < 4.78 is 18.6. The highest BCUT2D eigenvalue weighted by molar-refractivity contribution is 5.30. The summed E-state index contributed by atoms with van der Waals surface area (Å²) in [6.07, 6.45) is 1.15. The standard InChI is InChI=1S/C14H21FN2O/c1-10(16-12-6-7-17(2)9-12)11-4-5-14(18-3)13(15)8-11/h4-5,8,10,12,16H,6-7,9H2,1-3H3. The normalized spacial score (nSPS) is 22.1. The van der Waals surface area contributed by atoms with Crippen molar-refractivity contribution in [3.8, 4) is 5.75 Å². The predicted octanol–water partition coefficient (Wildman–Crippen LogP) is 2.19. The number of likely N-dealkylation sites (tertiary alicyclic amines) is 1. The average Bonchev–Trinajstić information content (AvgIpc) is 2.74. The number of likely N-dealkylation sites (N-methyl/N-ethyl adjacent to an activating group) is 1. The Labute approximate surface area is 108 Å². The van der Waals surface area contributed by atoms with Crippen molar-refractivity contribution in [1.29, 1.82) is 0 Å². The van der Waals surface area contributed by atoms with Crippen LogP contribution in [0.15, 0.2) is 18.2 Å². The molecule has 0 radical (unpaired) electrons. The molecule has 100 valence electrons. The van der Waals surface area contributed by atoms with Crippen LogP contribution in [0.2, 0.25) is 0 Å². The smallest absolute Gasteiger partial charge is 0.165 e. The quantitative estimate of drug-likeness (QED) is 0.889. The molecule has 0 spiro atoms. The van der Waals surface area contributed by atoms with Crippen molar-refractivity contribution >= 4 is 0 Å². The third kappa shape index (κ3) is 3.00. The Balaban J connectivity index is 2.00. The molecule has 1 aromatic rings. The number of hydrogen-bond acceptors (Lipinski definition) is 3. The Morgan fingerprint density at radius 1 is 1.50 bits per heavy atom. The highest BCUT2D eigenvalue weighted by Crippen LogP contribution is 2.22. The van der Waals surface area contributed by atoms with Crippen molar-refractivity contribution in [2.24, 2.45) is 0 Å². The third-order valence-corrected chi connectivity index (χ3v) is 3.55. The fraction of sp³-hybridized carbons (Fsp3) is 0.571. The number of rotatable bonds is 4. The van der Waals surface area contributed by atoms with Crippen LogP contribution in [0.5, 0.6) is 5.75 Å². The Bertz CT molecular complexity index is 411. The van der Waals surface area contributed by atoms with Gasteiger partial charge in [-0.3, -0.25) is 0 Å². The SMILES string of the molecule is COc1ccc(C(C)NC2CCN(C)C2)cc1F. The Hall–Kier alpha value is -1.13. The monoisotopic (exact) mass is 252 g/mol. The number of methoxy groups -OCH3 is 1. The molecule has 0 aromatic heterocycles. The first-order chi connectivity index (χ1) is 8.60. The second-order valence-corrected chi connectivity index (χ2v) is 5.03. The Morgan fingerprint density at radius 2 is 2.28 bits per heavy atom. The van der Waals surface area contributed by atoms with Gasteiger partial charge in [-0.1, -0.05) is 6.07 Å². The predicted molar refractivity (Wildman–Crippen MR) is 70.4 cm³/mol. The molecule has 1 aliphatic rings. The van der Waals surface area contributed by atoms with Crippen LogP contribution in [-0.2, 0) is 0 Å². The van der Waals surface area contributed by atoms with E-state index in [-0.39, 0.29) is 11.9 Å². The van der Waals surface area contributed by atoms with E-state index < -0.39 is 0 Å². The molecule has 1 fully saturated rings. The van der Waals surface area contributed by atoms with Crippen molar-refractivity contribution in [3.63, 3.8) is 0 Å². The van der Waals surface area contributed by atoms with Gasteiger partial charge in [0.2, 0.25) is 0 Å². The minimum Gasteiger partial charge on any atom is -0.494 e. The molecule has 2 unspecified atom stereocenters. The van der Waals surface area contributed by atoms with Crippen molar-refractivity contribution in [3.05, 3.63) is 29.6 Å². The van der Waals surface area contributed by atoms with E-state index >= 15 is 0 Å². The fourth-order valence-corrected chi connectivity index (χ4v) is 2.47. The fourth-order valence-electron chi connectivity index (χ4n) is 2.47. The van der Waals surface area contributed by atoms with E-state index in [1.54, 1.807) is 12.1 Å². The van der Waals surface area contributed by atoms with Gasteiger partial charge in [0.05, 0.1) is 7.11 Å². The van der Waals surface area contributed by atoms with Crippen molar-refractivity contribution in [1.82, 2.24) is 10.2 Å². The van der Waals surface area contributed by atoms with Crippen LogP contribution in [0.3, 0.4) is 0 Å². The van der Waals surface area contributed by atoms with Crippen LogP contribution in [0.25, 0.3) is 0 Å². The van der Waals surface area contributed by atoms with Gasteiger partial charge in [0, 0.05) is 18.6 Å². The largest absolute Gasteiger partial charge is 0.494 e. The molecule has 18 heavy (non-hydrogen) atoms. The number of nitrogens with zero attached hydrogens (tertiary/aromatic N) is 1. The molecular weight excluding hydrogens is 231 g/mol. The zero-order valence-corrected chi connectivity index (χ0v) is 11.2. The molecule has 1 aliphatic heterocycles. The van der Waals surface area contributed by atoms with Gasteiger partial charge >= 0.3 is 0 Å². The summed E-state index contributed by atoms with van der Waals surface area (Å²) in [7, 11) is 3.60. The molecule has 0 amide bonds. The second-order valence-electron chi connectivity index (χ2n) is 5.03. The molecule has 4 heteroatoms. The number of ether oxygens (including phenoxy) is 1. The number of benzene rings is 1. The highest BCUT2D eigenvalue weighted by Gasteiger charge is 2.21. The minimum absolute atomic E-state index is 0.155. The molecule has 1 aromatic carbocycles. The molecule has 1 heterocycles. The summed E-state index contributed by atoms with van der Waals surface area (Å²) in [5.41, 5.74) is 0.961. The maximum absolute atomic E-state index is 13.6. The molecule has 1 N–H and O–H groups in total. The van der Waals surface area contributed by atoms with E-state index in [1.807, 2.05) is 6.07 Å². The number of hydrogen-bond donors (Lipinski definition) is 1. The van der Waals surface area contributed by atoms with Gasteiger partial charge < -0.3 is 15.0 Å². The molecule has 2 atom stereocenters. The second kappa shape index (κ2) is 5.67. The van der Waals surface area contributed by atoms with Crippen LogP contribution >= 0.6 is 0 Å². The van der Waals surface area contributed by atoms with Crippen molar-refractivity contribution in [2.45, 2.75) is 25.4 Å². The first kappa shape index (κ1) is 13.3. The maximum Gasteiger partial charge on any atom is 0.165 e. The van der Waals surface area contributed by atoms with Crippen LogP contribution in [0, 0.1) is 5.82 Å². The van der Waals surface area contributed by atoms with Crippen molar-refractivity contribution in [2.75, 3.05) is 27.2 Å². The zero-order valence-electron chi connectivity index (χ0n) is 11.2. The third-order valence-electron chi connectivity index (χ3n) is 3.55. The molecular formula is C14H21FN2O. The van der Waals surface area contributed by atoms with Crippen LogP contribution in [-0.4, -0.2) is 38.2 Å². The first-order valence-corrected chi connectivity index (χ1v) is 6.38. The van der Waals surface area contributed by atoms with Crippen LogP contribution in [0.4, 0.5) is 4.39 Å². The maximum atomic E-state index is 13.6. The Kier molecular flexibility index (Phi) is 4.19. The number of halogens is 1. The zero-order chi connectivity index (χ0) is 13.1. The molecule has 0 saturated carbocycles. The van der Waals surface area contributed by atoms with E-state index in [1.165, 1.54) is 7.11 Å². The van der Waals surface area contributed by atoms with Gasteiger partial charge in [-0.25, -0.2) is 4.39 Å². The first-order valence-electron chi connectivity index (χ1n) is 6.38. The molecule has 3 nitrogen and oxygen atoms in total. The molecule has 1 saturated heterocycles. The minimum atomic E-state index is -0.299. The van der Waals surface area contributed by atoms with E-state index in [2.05, 4.69) is 24.2 Å². The topological polar surface area (TPSA) is 24.5 Å². The number of nitrogens with one attached hydrogen (secondary N) is 1. The van der Waals surface area contributed by atoms with E-state index in [0.717, 1.165) is 25.1 Å². The Morgan fingerprint density at radius 3 is 2.83 bits per heavy atom. The molecule has 2 rings (SSSR count). The average molecular weight is 252 g/mol. The molecule has 0 bridgehead atoms. The van der Waals surface area contributed by atoms with Crippen molar-refractivity contribution < 1.29 is 9.13 Å². The van der Waals surface area contributed by atoms with Gasteiger partial charge in [-0.05, 0) is 44.6 Å². The highest BCUT2D eigenvalue weighted by atomic mass is 19.1. The van der Waals surface area contributed by atoms with Gasteiger partial charge in [0.15, 0.2) is 11.6 Å². The van der Waals surface area contributed by atoms with Gasteiger partial charge in [0.25, 0.3) is 0 Å². The summed E-state index contributed by atoms with van der Waals surface area (Å²) in [6, 6.07) is 5.80. The van der Waals surface area contributed by atoms with E-state index in [9.17, 15) is 4.39 Å². The van der Waals surface area contributed by atoms with Crippen LogP contribution in [0.1, 0.15) is 24.9 Å². The molecule has 0 aliphatic carbocycles. The lowest BCUT2D eigenvalue weighted by Gasteiger charge is -2.20. The summed E-state index contributed by atoms with van der Waals surface area (Å²) in [6.45, 7) is 4.25. The van der Waals surface area contributed by atoms with E-state index in [0.29, 0.717) is 11.8 Å². The summed E-state index contributed by atoms with van der Waals surface area (Å²) in [4.78, 5) is 2.30. The van der Waals surface area contributed by atoms with Gasteiger partial charge in [-0.2, -0.15) is 0 Å². The van der Waals surface area contributed by atoms with E-state index in [4.69, 9.17) is 4.74 Å². The lowest BCUT2D eigenvalue weighted by molar-refractivity contribution is 0.381. The summed E-state index contributed by atoms with van der Waals surface area (Å²) in [5, 5.41) is 3.54. The lowest BCUT2D eigenvalue weighted by Crippen LogP contribution is -2.33. The summed E-state index contributed by atoms with van der Waals surface area (Å²) in [5.74, 6) is -0.00117. The lowest BCUT2D eigenvalue weighted by atomic mass is 10.1. The summed E-state index contributed by atoms with van der Waals surface area (Å²) >= 11 is 0. The van der Waals surface area contributed by atoms with Gasteiger partial charge in [0.1, 0.15) is 0 Å².